The molecule has 5 fully saturated rings. The fraction of sp³-hybridized carbons (Fsp3) is 0.868. The standard InChI is InChI=1S/C38H60N2O8/c1-21-16-17-37(7)24(19-21)20-28(47-23(3)41)30-26-14-13-25(22(2)12-15-29(42)46-9)38(26,8)33(43)32(31(30)37)39-34(44)27-11-10-18-40(27)35(45)48-36(4,5)6/h21-22,24-28,30-32H,10-20H2,1-9H3,(H,39,44)/t21-,22-,24+,25?,26?,27?,28-,30?,31?,32+,37+,38-/m1/s1. The highest BCUT2D eigenvalue weighted by Crippen LogP contribution is 2.68. The van der Waals surface area contributed by atoms with E-state index in [2.05, 4.69) is 33.0 Å². The van der Waals surface area contributed by atoms with E-state index >= 15 is 4.79 Å². The van der Waals surface area contributed by atoms with Crippen LogP contribution in [0.15, 0.2) is 0 Å². The fourth-order valence-corrected chi connectivity index (χ4v) is 11.2. The SMILES string of the molecule is COC(=O)CC[C@@H](C)C1CCC2C3C([C@H](NC(=O)C4CCCN4C(=O)OC(C)(C)C)C(=O)[C@@]21C)[C@@]1(C)CC[C@@H](C)C[C@H]1C[C@H]3OC(C)=O. The van der Waals surface area contributed by atoms with Crippen LogP contribution in [-0.4, -0.2) is 72.1 Å². The minimum Gasteiger partial charge on any atom is -0.469 e. The van der Waals surface area contributed by atoms with E-state index in [9.17, 15) is 19.2 Å². The number of esters is 2. The summed E-state index contributed by atoms with van der Waals surface area (Å²) in [5, 5.41) is 3.30. The molecule has 0 bridgehead atoms. The van der Waals surface area contributed by atoms with Crippen LogP contribution in [-0.2, 0) is 33.4 Å². The highest BCUT2D eigenvalue weighted by Gasteiger charge is 2.70. The maximum Gasteiger partial charge on any atom is 0.410 e. The molecule has 5 aliphatic rings. The summed E-state index contributed by atoms with van der Waals surface area (Å²) in [5.41, 5.74) is -1.70. The van der Waals surface area contributed by atoms with E-state index in [-0.39, 0.29) is 77.1 Å². The Morgan fingerprint density at radius 2 is 1.77 bits per heavy atom. The summed E-state index contributed by atoms with van der Waals surface area (Å²) < 4.78 is 16.8. The molecule has 0 aromatic heterocycles. The number of nitrogens with zero attached hydrogens (tertiary/aromatic N) is 1. The van der Waals surface area contributed by atoms with Gasteiger partial charge in [-0.2, -0.15) is 0 Å². The third-order valence-electron chi connectivity index (χ3n) is 13.4. The van der Waals surface area contributed by atoms with Gasteiger partial charge >= 0.3 is 18.0 Å². The Hall–Kier alpha value is -2.65. The third-order valence-corrected chi connectivity index (χ3v) is 13.4. The van der Waals surface area contributed by atoms with Crippen molar-refractivity contribution in [1.29, 1.82) is 0 Å². The number of carbonyl (C=O) groups is 5. The number of hydrogen-bond donors (Lipinski definition) is 1. The van der Waals surface area contributed by atoms with Crippen molar-refractivity contribution in [3.05, 3.63) is 0 Å². The molecule has 1 N–H and O–H groups in total. The number of nitrogens with one attached hydrogen (secondary N) is 1. The van der Waals surface area contributed by atoms with Crippen LogP contribution in [0.3, 0.4) is 0 Å². The summed E-state index contributed by atoms with van der Waals surface area (Å²) in [4.78, 5) is 69.2. The van der Waals surface area contributed by atoms with E-state index in [4.69, 9.17) is 14.2 Å². The molecular weight excluding hydrogens is 612 g/mol. The molecule has 5 rings (SSSR count). The van der Waals surface area contributed by atoms with Crippen LogP contribution in [0, 0.1) is 52.3 Å². The largest absolute Gasteiger partial charge is 0.469 e. The molecule has 270 valence electrons. The average Bonchev–Trinajstić information content (AvgIpc) is 3.63. The molecule has 0 radical (unpaired) electrons. The molecule has 1 aliphatic heterocycles. The van der Waals surface area contributed by atoms with Crippen molar-refractivity contribution in [2.75, 3.05) is 13.7 Å². The van der Waals surface area contributed by atoms with Crippen molar-refractivity contribution in [2.45, 2.75) is 143 Å². The van der Waals surface area contributed by atoms with Gasteiger partial charge in [-0.05, 0) is 113 Å². The molecule has 1 saturated heterocycles. The smallest absolute Gasteiger partial charge is 0.410 e. The number of amides is 2. The zero-order valence-corrected chi connectivity index (χ0v) is 30.8. The Morgan fingerprint density at radius 3 is 2.42 bits per heavy atom. The van der Waals surface area contributed by atoms with Crippen LogP contribution in [0.4, 0.5) is 4.79 Å². The van der Waals surface area contributed by atoms with Crippen molar-refractivity contribution in [3.8, 4) is 0 Å². The summed E-state index contributed by atoms with van der Waals surface area (Å²) in [6.07, 6.45) is 6.63. The van der Waals surface area contributed by atoms with Crippen LogP contribution in [0.1, 0.15) is 120 Å². The van der Waals surface area contributed by atoms with E-state index in [1.165, 1.54) is 18.9 Å². The molecule has 0 spiro atoms. The monoisotopic (exact) mass is 672 g/mol. The first-order valence-electron chi connectivity index (χ1n) is 18.5. The quantitative estimate of drug-likeness (QED) is 0.254. The van der Waals surface area contributed by atoms with Crippen LogP contribution in [0.5, 0.6) is 0 Å². The van der Waals surface area contributed by atoms with Gasteiger partial charge in [-0.1, -0.05) is 34.1 Å². The molecule has 5 unspecified atom stereocenters. The van der Waals surface area contributed by atoms with Gasteiger partial charge < -0.3 is 19.5 Å². The predicted molar refractivity (Wildman–Crippen MR) is 179 cm³/mol. The number of fused-ring (bicyclic) bond motifs is 5. The highest BCUT2D eigenvalue weighted by atomic mass is 16.6. The maximum atomic E-state index is 15.3. The van der Waals surface area contributed by atoms with Gasteiger partial charge in [0.25, 0.3) is 0 Å². The number of ether oxygens (including phenoxy) is 3. The molecule has 10 nitrogen and oxygen atoms in total. The van der Waals surface area contributed by atoms with E-state index in [1.54, 1.807) is 0 Å². The molecule has 12 atom stereocenters. The highest BCUT2D eigenvalue weighted by molar-refractivity contribution is 5.96. The molecular formula is C38H60N2O8. The molecule has 4 aliphatic carbocycles. The number of Topliss-reactive ketones (excluding diaryl/α,β-unsaturated/α-hetero) is 1. The van der Waals surface area contributed by atoms with Crippen LogP contribution in [0.2, 0.25) is 0 Å². The van der Waals surface area contributed by atoms with Crippen molar-refractivity contribution in [1.82, 2.24) is 10.2 Å². The zero-order valence-electron chi connectivity index (χ0n) is 30.8. The molecule has 2 amide bonds. The normalized spacial score (nSPS) is 39.8. The summed E-state index contributed by atoms with van der Waals surface area (Å²) in [7, 11) is 1.39. The first-order chi connectivity index (χ1) is 22.4. The lowest BCUT2D eigenvalue weighted by molar-refractivity contribution is -0.199. The molecule has 10 heteroatoms. The van der Waals surface area contributed by atoms with Crippen LogP contribution < -0.4 is 5.32 Å². The minimum absolute atomic E-state index is 0.000337. The van der Waals surface area contributed by atoms with Gasteiger partial charge in [0, 0.05) is 31.2 Å². The Balaban J connectivity index is 1.55. The Morgan fingerprint density at radius 1 is 1.06 bits per heavy atom. The van der Waals surface area contributed by atoms with Gasteiger partial charge in [-0.25, -0.2) is 4.79 Å². The van der Waals surface area contributed by atoms with Gasteiger partial charge in [0.1, 0.15) is 17.7 Å². The van der Waals surface area contributed by atoms with Crippen molar-refractivity contribution in [3.63, 3.8) is 0 Å². The summed E-state index contributed by atoms with van der Waals surface area (Å²) >= 11 is 0. The van der Waals surface area contributed by atoms with Crippen molar-refractivity contribution >= 4 is 29.7 Å². The molecule has 4 saturated carbocycles. The number of carbonyl (C=O) groups excluding carboxylic acids is 5. The summed E-state index contributed by atoms with van der Waals surface area (Å²) in [6, 6.07) is -1.50. The van der Waals surface area contributed by atoms with Crippen LogP contribution in [0.25, 0.3) is 0 Å². The Labute approximate surface area is 287 Å². The lowest BCUT2D eigenvalue weighted by atomic mass is 9.41. The number of methoxy groups -OCH3 is 1. The topological polar surface area (TPSA) is 128 Å². The second kappa shape index (κ2) is 13.6. The number of rotatable bonds is 7. The minimum atomic E-state index is -0.780. The van der Waals surface area contributed by atoms with E-state index in [0.29, 0.717) is 31.7 Å². The number of likely N-dealkylation sites (tertiary alicyclic amines) is 1. The van der Waals surface area contributed by atoms with Crippen molar-refractivity contribution in [2.24, 2.45) is 52.3 Å². The number of ketones is 1. The molecule has 1 heterocycles. The third kappa shape index (κ3) is 6.62. The number of hydrogen-bond acceptors (Lipinski definition) is 8. The van der Waals surface area contributed by atoms with Gasteiger partial charge in [0.2, 0.25) is 5.91 Å². The van der Waals surface area contributed by atoms with Crippen molar-refractivity contribution < 1.29 is 38.2 Å². The Bertz CT molecular complexity index is 1280. The summed E-state index contributed by atoms with van der Waals surface area (Å²) in [5.74, 6) is -0.299. The van der Waals surface area contributed by atoms with E-state index < -0.39 is 29.2 Å². The average molecular weight is 673 g/mol. The van der Waals surface area contributed by atoms with Gasteiger partial charge in [-0.3, -0.25) is 24.1 Å². The molecule has 48 heavy (non-hydrogen) atoms. The molecule has 0 aromatic carbocycles. The van der Waals surface area contributed by atoms with Gasteiger partial charge in [0.15, 0.2) is 5.78 Å². The molecule has 0 aromatic rings. The van der Waals surface area contributed by atoms with E-state index in [1.807, 2.05) is 20.8 Å². The lowest BCUT2D eigenvalue weighted by Gasteiger charge is -2.64. The summed E-state index contributed by atoms with van der Waals surface area (Å²) in [6.45, 7) is 16.1. The predicted octanol–water partition coefficient (Wildman–Crippen LogP) is 6.09. The fourth-order valence-electron chi connectivity index (χ4n) is 11.2. The van der Waals surface area contributed by atoms with Crippen LogP contribution >= 0.6 is 0 Å². The Kier molecular flexibility index (Phi) is 10.4. The van der Waals surface area contributed by atoms with Gasteiger partial charge in [-0.15, -0.1) is 0 Å². The maximum absolute atomic E-state index is 15.3. The lowest BCUT2D eigenvalue weighted by Crippen LogP contribution is -2.71. The van der Waals surface area contributed by atoms with Gasteiger partial charge in [0.05, 0.1) is 13.2 Å². The second-order valence-electron chi connectivity index (χ2n) is 17.4. The zero-order chi connectivity index (χ0) is 35.3. The first kappa shape index (κ1) is 36.6. The first-order valence-corrected chi connectivity index (χ1v) is 18.5. The second-order valence-corrected chi connectivity index (χ2v) is 17.4. The van der Waals surface area contributed by atoms with E-state index in [0.717, 1.165) is 38.5 Å².